The summed E-state index contributed by atoms with van der Waals surface area (Å²) in [6.45, 7) is 2.64. The number of aliphatic carboxylic acids is 1. The van der Waals surface area contributed by atoms with Crippen molar-refractivity contribution in [3.63, 3.8) is 0 Å². The zero-order valence-electron chi connectivity index (χ0n) is 17.1. The molecule has 0 saturated heterocycles. The van der Waals surface area contributed by atoms with Crippen LogP contribution in [0.1, 0.15) is 26.7 Å². The molecule has 0 radical (unpaired) electrons. The van der Waals surface area contributed by atoms with Gasteiger partial charge in [0.15, 0.2) is 0 Å². The van der Waals surface area contributed by atoms with Gasteiger partial charge in [-0.05, 0) is 50.7 Å². The zero-order valence-corrected chi connectivity index (χ0v) is 18.8. The average Bonchev–Trinajstić information content (AvgIpc) is 2.66. The Morgan fingerprint density at radius 1 is 0.897 bits per heavy atom. The fraction of sp³-hybridized carbons (Fsp3) is 0.765. The van der Waals surface area contributed by atoms with Gasteiger partial charge in [-0.2, -0.15) is 23.5 Å². The monoisotopic (exact) mass is 452 g/mol. The van der Waals surface area contributed by atoms with Gasteiger partial charge in [-0.1, -0.05) is 0 Å². The Labute approximate surface area is 179 Å². The van der Waals surface area contributed by atoms with Crippen molar-refractivity contribution in [2.45, 2.75) is 57.0 Å². The van der Waals surface area contributed by atoms with Gasteiger partial charge in [0, 0.05) is 0 Å². The van der Waals surface area contributed by atoms with Gasteiger partial charge in [-0.15, -0.1) is 0 Å². The van der Waals surface area contributed by atoms with Gasteiger partial charge in [-0.25, -0.2) is 0 Å². The minimum Gasteiger partial charge on any atom is -0.480 e. The standard InChI is InChI=1S/C17H32N4O6S2/c1-9(17(26)27)19-15(24)12(6-8-29-4)20-16(25)13(10(2)22)21-14(23)11(18)5-7-28-3/h9-13,22H,5-8,18H2,1-4H3,(H,19,24)(H,20,25)(H,21,23)(H,26,27). The first-order chi connectivity index (χ1) is 13.5. The maximum atomic E-state index is 12.6. The third kappa shape index (κ3) is 10.7. The Morgan fingerprint density at radius 2 is 1.45 bits per heavy atom. The Kier molecular flexibility index (Phi) is 13.7. The van der Waals surface area contributed by atoms with Crippen molar-refractivity contribution in [3.05, 3.63) is 0 Å². The van der Waals surface area contributed by atoms with E-state index in [1.54, 1.807) is 0 Å². The number of aliphatic hydroxyl groups excluding tert-OH is 1. The van der Waals surface area contributed by atoms with E-state index in [0.29, 0.717) is 17.9 Å². The molecule has 0 heterocycles. The van der Waals surface area contributed by atoms with Crippen molar-refractivity contribution in [1.29, 1.82) is 0 Å². The number of carboxylic acids is 1. The lowest BCUT2D eigenvalue weighted by molar-refractivity contribution is -0.142. The average molecular weight is 453 g/mol. The van der Waals surface area contributed by atoms with Crippen LogP contribution in [0.4, 0.5) is 0 Å². The van der Waals surface area contributed by atoms with E-state index >= 15 is 0 Å². The molecule has 0 aromatic carbocycles. The van der Waals surface area contributed by atoms with Crippen molar-refractivity contribution in [2.75, 3.05) is 24.0 Å². The molecule has 12 heteroatoms. The molecular formula is C17H32N4O6S2. The molecule has 0 saturated carbocycles. The number of hydrogen-bond acceptors (Lipinski definition) is 8. The van der Waals surface area contributed by atoms with E-state index in [9.17, 15) is 24.3 Å². The van der Waals surface area contributed by atoms with E-state index in [1.165, 1.54) is 37.4 Å². The van der Waals surface area contributed by atoms with Crippen LogP contribution in [-0.4, -0.2) is 88.2 Å². The van der Waals surface area contributed by atoms with Gasteiger partial charge in [0.05, 0.1) is 12.1 Å². The van der Waals surface area contributed by atoms with Crippen LogP contribution in [-0.2, 0) is 19.2 Å². The first-order valence-corrected chi connectivity index (χ1v) is 11.9. The second-order valence-corrected chi connectivity index (χ2v) is 8.50. The Balaban J connectivity index is 5.16. The molecular weight excluding hydrogens is 420 g/mol. The van der Waals surface area contributed by atoms with Gasteiger partial charge in [-0.3, -0.25) is 19.2 Å². The molecule has 0 aromatic rings. The van der Waals surface area contributed by atoms with Crippen molar-refractivity contribution in [3.8, 4) is 0 Å². The van der Waals surface area contributed by atoms with Gasteiger partial charge in [0.2, 0.25) is 17.7 Å². The lowest BCUT2D eigenvalue weighted by atomic mass is 10.1. The highest BCUT2D eigenvalue weighted by Gasteiger charge is 2.31. The number of thioether (sulfide) groups is 2. The smallest absolute Gasteiger partial charge is 0.325 e. The number of aliphatic hydroxyl groups is 1. The molecule has 5 unspecified atom stereocenters. The number of carboxylic acid groups (broad SMARTS) is 1. The van der Waals surface area contributed by atoms with E-state index in [-0.39, 0.29) is 6.42 Å². The molecule has 0 aromatic heterocycles. The molecule has 3 amide bonds. The first-order valence-electron chi connectivity index (χ1n) is 9.10. The normalized spacial score (nSPS) is 16.1. The zero-order chi connectivity index (χ0) is 22.6. The van der Waals surface area contributed by atoms with Gasteiger partial charge >= 0.3 is 5.97 Å². The number of nitrogens with two attached hydrogens (primary N) is 1. The molecule has 0 spiro atoms. The van der Waals surface area contributed by atoms with Gasteiger partial charge < -0.3 is 31.9 Å². The summed E-state index contributed by atoms with van der Waals surface area (Å²) in [5.41, 5.74) is 5.79. The summed E-state index contributed by atoms with van der Waals surface area (Å²) >= 11 is 2.98. The van der Waals surface area contributed by atoms with E-state index in [2.05, 4.69) is 16.0 Å². The van der Waals surface area contributed by atoms with Crippen molar-refractivity contribution < 1.29 is 29.4 Å². The maximum absolute atomic E-state index is 12.6. The summed E-state index contributed by atoms with van der Waals surface area (Å²) in [5.74, 6) is -2.00. The summed E-state index contributed by atoms with van der Waals surface area (Å²) < 4.78 is 0. The molecule has 7 N–H and O–H groups in total. The molecule has 0 fully saturated rings. The molecule has 168 valence electrons. The minimum absolute atomic E-state index is 0.249. The predicted octanol–water partition coefficient (Wildman–Crippen LogP) is -1.24. The molecule has 0 rings (SSSR count). The van der Waals surface area contributed by atoms with Crippen molar-refractivity contribution >= 4 is 47.2 Å². The number of nitrogens with one attached hydrogen (secondary N) is 3. The minimum atomic E-state index is -1.30. The van der Waals surface area contributed by atoms with Crippen LogP contribution in [0.25, 0.3) is 0 Å². The van der Waals surface area contributed by atoms with Crippen molar-refractivity contribution in [1.82, 2.24) is 16.0 Å². The highest BCUT2D eigenvalue weighted by molar-refractivity contribution is 7.98. The number of carbonyl (C=O) groups is 4. The van der Waals surface area contributed by atoms with Crippen LogP contribution in [0.2, 0.25) is 0 Å². The lowest BCUT2D eigenvalue weighted by Gasteiger charge is -2.26. The fourth-order valence-electron chi connectivity index (χ4n) is 2.18. The second-order valence-electron chi connectivity index (χ2n) is 6.53. The first kappa shape index (κ1) is 27.5. The third-order valence-corrected chi connectivity index (χ3v) is 5.29. The molecule has 0 aliphatic carbocycles. The van der Waals surface area contributed by atoms with Gasteiger partial charge in [0.25, 0.3) is 0 Å². The third-order valence-electron chi connectivity index (χ3n) is 4.01. The van der Waals surface area contributed by atoms with Crippen molar-refractivity contribution in [2.24, 2.45) is 5.73 Å². The summed E-state index contributed by atoms with van der Waals surface area (Å²) in [7, 11) is 0. The quantitative estimate of drug-likeness (QED) is 0.189. The second kappa shape index (κ2) is 14.5. The Morgan fingerprint density at radius 3 is 1.93 bits per heavy atom. The Bertz CT molecular complexity index is 564. The number of hydrogen-bond donors (Lipinski definition) is 6. The summed E-state index contributed by atoms with van der Waals surface area (Å²) in [4.78, 5) is 48.1. The van der Waals surface area contributed by atoms with E-state index in [0.717, 1.165) is 0 Å². The highest BCUT2D eigenvalue weighted by Crippen LogP contribution is 2.05. The summed E-state index contributed by atoms with van der Waals surface area (Å²) in [6.07, 6.45) is 3.13. The fourth-order valence-corrected chi connectivity index (χ4v) is 3.14. The van der Waals surface area contributed by atoms with E-state index in [4.69, 9.17) is 10.8 Å². The molecule has 29 heavy (non-hydrogen) atoms. The lowest BCUT2D eigenvalue weighted by Crippen LogP contribution is -2.59. The SMILES string of the molecule is CSCCC(N)C(=O)NC(C(=O)NC(CCSC)C(=O)NC(C)C(=O)O)C(C)O. The van der Waals surface area contributed by atoms with Crippen LogP contribution in [0.15, 0.2) is 0 Å². The molecule has 5 atom stereocenters. The Hall–Kier alpha value is -1.50. The van der Waals surface area contributed by atoms with Crippen LogP contribution in [0, 0.1) is 0 Å². The van der Waals surface area contributed by atoms with Crippen LogP contribution in [0.3, 0.4) is 0 Å². The largest absolute Gasteiger partial charge is 0.480 e. The summed E-state index contributed by atoms with van der Waals surface area (Å²) in [6, 6.07) is -4.27. The molecule has 0 aliphatic rings. The molecule has 0 aliphatic heterocycles. The maximum Gasteiger partial charge on any atom is 0.325 e. The number of carbonyl (C=O) groups excluding carboxylic acids is 3. The number of amides is 3. The predicted molar refractivity (Wildman–Crippen MR) is 115 cm³/mol. The van der Waals surface area contributed by atoms with Crippen LogP contribution in [0.5, 0.6) is 0 Å². The van der Waals surface area contributed by atoms with E-state index < -0.39 is 54.0 Å². The number of rotatable bonds is 14. The molecule has 10 nitrogen and oxygen atoms in total. The summed E-state index contributed by atoms with van der Waals surface area (Å²) in [5, 5.41) is 26.1. The highest BCUT2D eigenvalue weighted by atomic mass is 32.2. The topological polar surface area (TPSA) is 171 Å². The van der Waals surface area contributed by atoms with E-state index in [1.807, 2.05) is 12.5 Å². The van der Waals surface area contributed by atoms with Crippen LogP contribution >= 0.6 is 23.5 Å². The van der Waals surface area contributed by atoms with Crippen LogP contribution < -0.4 is 21.7 Å². The van der Waals surface area contributed by atoms with Gasteiger partial charge in [0.1, 0.15) is 18.1 Å². The molecule has 0 bridgehead atoms.